The van der Waals surface area contributed by atoms with E-state index in [0.717, 1.165) is 11.6 Å². The minimum Gasteiger partial charge on any atom is -0.382 e. The molecule has 0 bridgehead atoms. The van der Waals surface area contributed by atoms with E-state index >= 15 is 0 Å². The fraction of sp³-hybridized carbons (Fsp3) is 0.750. The lowest BCUT2D eigenvalue weighted by molar-refractivity contribution is 0.0575. The first-order valence-electron chi connectivity index (χ1n) is 4.29. The molecule has 0 aliphatic heterocycles. The first-order valence-corrected chi connectivity index (χ1v) is 5.41. The summed E-state index contributed by atoms with van der Waals surface area (Å²) in [6, 6.07) is 0. The van der Waals surface area contributed by atoms with Gasteiger partial charge in [-0.3, -0.25) is 0 Å². The van der Waals surface area contributed by atoms with E-state index < -0.39 is 0 Å². The number of nitrogens with zero attached hydrogens (tertiary/aromatic N) is 3. The van der Waals surface area contributed by atoms with Crippen LogP contribution in [0.15, 0.2) is 0 Å². The second kappa shape index (κ2) is 6.10. The summed E-state index contributed by atoms with van der Waals surface area (Å²) in [4.78, 5) is 0. The molecule has 0 saturated heterocycles. The summed E-state index contributed by atoms with van der Waals surface area (Å²) in [5.74, 6) is 1.73. The van der Waals surface area contributed by atoms with E-state index in [4.69, 9.17) is 9.47 Å². The van der Waals surface area contributed by atoms with Crippen molar-refractivity contribution in [3.05, 3.63) is 11.6 Å². The minimum atomic E-state index is 0.472. The zero-order valence-electron chi connectivity index (χ0n) is 8.36. The molecule has 1 heterocycles. The topological polar surface area (TPSA) is 49.2 Å². The smallest absolute Gasteiger partial charge is 0.158 e. The first-order chi connectivity index (χ1) is 6.79. The fourth-order valence-electron chi connectivity index (χ4n) is 0.946. The Morgan fingerprint density at radius 2 is 2.00 bits per heavy atom. The highest BCUT2D eigenvalue weighted by Crippen LogP contribution is 2.04. The van der Waals surface area contributed by atoms with Gasteiger partial charge in [-0.15, -0.1) is 10.2 Å². The summed E-state index contributed by atoms with van der Waals surface area (Å²) in [5, 5.41) is 8.69. The number of halogens is 1. The van der Waals surface area contributed by atoms with Crippen LogP contribution in [-0.4, -0.2) is 35.1 Å². The Morgan fingerprint density at radius 3 is 2.57 bits per heavy atom. The molecule has 0 N–H and O–H groups in total. The molecule has 14 heavy (non-hydrogen) atoms. The van der Waals surface area contributed by atoms with Crippen LogP contribution in [0.2, 0.25) is 0 Å². The standard InChI is InChI=1S/C8H14BrN3O2/c1-12-7(5-9)10-11-8(12)6-14-4-3-13-2/h3-6H2,1-2H3. The van der Waals surface area contributed by atoms with Gasteiger partial charge in [0.1, 0.15) is 12.4 Å². The van der Waals surface area contributed by atoms with Crippen LogP contribution in [0.4, 0.5) is 0 Å². The van der Waals surface area contributed by atoms with E-state index in [-0.39, 0.29) is 0 Å². The Morgan fingerprint density at radius 1 is 1.29 bits per heavy atom. The third-order valence-electron chi connectivity index (χ3n) is 1.84. The normalized spacial score (nSPS) is 10.8. The molecule has 0 saturated carbocycles. The van der Waals surface area contributed by atoms with Crippen molar-refractivity contribution in [2.75, 3.05) is 20.3 Å². The number of aromatic nitrogens is 3. The van der Waals surface area contributed by atoms with Crippen LogP contribution < -0.4 is 0 Å². The van der Waals surface area contributed by atoms with E-state index in [1.807, 2.05) is 11.6 Å². The van der Waals surface area contributed by atoms with Gasteiger partial charge in [-0.05, 0) is 0 Å². The van der Waals surface area contributed by atoms with E-state index in [1.165, 1.54) is 0 Å². The highest BCUT2D eigenvalue weighted by molar-refractivity contribution is 9.08. The van der Waals surface area contributed by atoms with E-state index in [2.05, 4.69) is 26.1 Å². The molecular formula is C8H14BrN3O2. The van der Waals surface area contributed by atoms with Gasteiger partial charge in [-0.1, -0.05) is 15.9 Å². The van der Waals surface area contributed by atoms with Crippen LogP contribution in [0.1, 0.15) is 11.6 Å². The summed E-state index contributed by atoms with van der Waals surface area (Å²) in [7, 11) is 3.57. The van der Waals surface area contributed by atoms with E-state index in [9.17, 15) is 0 Å². The Labute approximate surface area is 91.5 Å². The molecular weight excluding hydrogens is 250 g/mol. The van der Waals surface area contributed by atoms with Gasteiger partial charge < -0.3 is 14.0 Å². The van der Waals surface area contributed by atoms with Gasteiger partial charge in [0.25, 0.3) is 0 Å². The van der Waals surface area contributed by atoms with Gasteiger partial charge in [0.15, 0.2) is 5.82 Å². The molecule has 0 spiro atoms. The van der Waals surface area contributed by atoms with Crippen molar-refractivity contribution in [3.8, 4) is 0 Å². The van der Waals surface area contributed by atoms with Crippen LogP contribution in [0.3, 0.4) is 0 Å². The predicted molar refractivity (Wildman–Crippen MR) is 55.2 cm³/mol. The Kier molecular flexibility index (Phi) is 5.06. The van der Waals surface area contributed by atoms with Gasteiger partial charge in [-0.2, -0.15) is 0 Å². The largest absolute Gasteiger partial charge is 0.382 e. The maximum absolute atomic E-state index is 5.34. The van der Waals surface area contributed by atoms with Crippen LogP contribution in [0.5, 0.6) is 0 Å². The number of hydrogen-bond acceptors (Lipinski definition) is 4. The maximum Gasteiger partial charge on any atom is 0.158 e. The van der Waals surface area contributed by atoms with Crippen LogP contribution in [0, 0.1) is 0 Å². The monoisotopic (exact) mass is 263 g/mol. The molecule has 0 aliphatic rings. The van der Waals surface area contributed by atoms with Gasteiger partial charge >= 0.3 is 0 Å². The molecule has 0 aliphatic carbocycles. The van der Waals surface area contributed by atoms with Crippen molar-refractivity contribution in [1.82, 2.24) is 14.8 Å². The number of hydrogen-bond donors (Lipinski definition) is 0. The average molecular weight is 264 g/mol. The van der Waals surface area contributed by atoms with Gasteiger partial charge in [0.2, 0.25) is 0 Å². The molecule has 80 valence electrons. The third-order valence-corrected chi connectivity index (χ3v) is 2.34. The minimum absolute atomic E-state index is 0.472. The van der Waals surface area contributed by atoms with Crippen LogP contribution in [0.25, 0.3) is 0 Å². The zero-order chi connectivity index (χ0) is 10.4. The SMILES string of the molecule is COCCOCc1nnc(CBr)n1C. The summed E-state index contributed by atoms with van der Waals surface area (Å²) in [6.07, 6.45) is 0. The molecule has 0 fully saturated rings. The predicted octanol–water partition coefficient (Wildman–Crippen LogP) is 0.873. The van der Waals surface area contributed by atoms with Crippen molar-refractivity contribution >= 4 is 15.9 Å². The number of methoxy groups -OCH3 is 1. The van der Waals surface area contributed by atoms with E-state index in [1.54, 1.807) is 7.11 Å². The summed E-state index contributed by atoms with van der Waals surface area (Å²) in [5.41, 5.74) is 0. The number of alkyl halides is 1. The lowest BCUT2D eigenvalue weighted by Crippen LogP contribution is -2.06. The highest BCUT2D eigenvalue weighted by Gasteiger charge is 2.06. The lowest BCUT2D eigenvalue weighted by Gasteiger charge is -2.03. The summed E-state index contributed by atoms with van der Waals surface area (Å²) < 4.78 is 12.1. The number of rotatable bonds is 6. The molecule has 0 unspecified atom stereocenters. The molecule has 1 aromatic rings. The first kappa shape index (κ1) is 11.6. The van der Waals surface area contributed by atoms with Gasteiger partial charge in [-0.25, -0.2) is 0 Å². The third kappa shape index (κ3) is 3.04. The van der Waals surface area contributed by atoms with Crippen LogP contribution >= 0.6 is 15.9 Å². The van der Waals surface area contributed by atoms with Crippen molar-refractivity contribution in [2.45, 2.75) is 11.9 Å². The molecule has 6 heteroatoms. The quantitative estimate of drug-likeness (QED) is 0.565. The van der Waals surface area contributed by atoms with Crippen LogP contribution in [-0.2, 0) is 28.5 Å². The molecule has 5 nitrogen and oxygen atoms in total. The Balaban J connectivity index is 2.39. The Bertz CT molecular complexity index is 278. The molecule has 0 aromatic carbocycles. The molecule has 0 atom stereocenters. The fourth-order valence-corrected chi connectivity index (χ4v) is 1.43. The summed E-state index contributed by atoms with van der Waals surface area (Å²) >= 11 is 3.33. The average Bonchev–Trinajstić information content (AvgIpc) is 2.55. The highest BCUT2D eigenvalue weighted by atomic mass is 79.9. The maximum atomic E-state index is 5.34. The zero-order valence-corrected chi connectivity index (χ0v) is 9.95. The Hall–Kier alpha value is -0.460. The van der Waals surface area contributed by atoms with Crippen molar-refractivity contribution in [1.29, 1.82) is 0 Å². The second-order valence-corrected chi connectivity index (χ2v) is 3.33. The van der Waals surface area contributed by atoms with E-state index in [0.29, 0.717) is 25.2 Å². The summed E-state index contributed by atoms with van der Waals surface area (Å²) in [6.45, 7) is 1.65. The number of ether oxygens (including phenoxy) is 2. The van der Waals surface area contributed by atoms with Crippen molar-refractivity contribution < 1.29 is 9.47 Å². The second-order valence-electron chi connectivity index (χ2n) is 2.77. The van der Waals surface area contributed by atoms with Gasteiger partial charge in [0, 0.05) is 14.2 Å². The molecule has 0 amide bonds. The molecule has 1 rings (SSSR count). The molecule has 1 aromatic heterocycles. The van der Waals surface area contributed by atoms with Crippen molar-refractivity contribution in [2.24, 2.45) is 7.05 Å². The lowest BCUT2D eigenvalue weighted by atomic mass is 10.6. The molecule has 0 radical (unpaired) electrons. The van der Waals surface area contributed by atoms with Gasteiger partial charge in [0.05, 0.1) is 18.5 Å². The van der Waals surface area contributed by atoms with Crippen molar-refractivity contribution in [3.63, 3.8) is 0 Å².